The van der Waals surface area contributed by atoms with Gasteiger partial charge in [-0.2, -0.15) is 0 Å². The Balaban J connectivity index is 2.26. The van der Waals surface area contributed by atoms with Gasteiger partial charge < -0.3 is 10.6 Å². The van der Waals surface area contributed by atoms with E-state index in [2.05, 4.69) is 16.8 Å². The van der Waals surface area contributed by atoms with Gasteiger partial charge in [-0.3, -0.25) is 4.98 Å². The third-order valence-corrected chi connectivity index (χ3v) is 3.39. The number of rotatable bonds is 3. The van der Waals surface area contributed by atoms with Crippen molar-refractivity contribution in [2.45, 2.75) is 13.0 Å². The summed E-state index contributed by atoms with van der Waals surface area (Å²) in [6, 6.07) is 9.99. The lowest BCUT2D eigenvalue weighted by Gasteiger charge is -2.28. The van der Waals surface area contributed by atoms with Crippen LogP contribution in [0.5, 0.6) is 0 Å². The van der Waals surface area contributed by atoms with E-state index in [1.54, 1.807) is 12.4 Å². The number of hydrogen-bond donors (Lipinski definition) is 1. The van der Waals surface area contributed by atoms with Crippen LogP contribution in [-0.2, 0) is 0 Å². The van der Waals surface area contributed by atoms with Crippen LogP contribution < -0.4 is 10.6 Å². The Kier molecular flexibility index (Phi) is 3.72. The maximum Gasteiger partial charge on any atom is 0.0738 e. The highest BCUT2D eigenvalue weighted by Gasteiger charge is 2.14. The second-order valence-electron chi connectivity index (χ2n) is 4.27. The highest BCUT2D eigenvalue weighted by atomic mass is 35.5. The first kappa shape index (κ1) is 12.7. The Hall–Kier alpha value is -1.74. The molecule has 0 aliphatic heterocycles. The van der Waals surface area contributed by atoms with Crippen LogP contribution in [0.1, 0.15) is 18.5 Å². The van der Waals surface area contributed by atoms with Gasteiger partial charge in [0.2, 0.25) is 0 Å². The van der Waals surface area contributed by atoms with Gasteiger partial charge in [0.05, 0.1) is 23.6 Å². The Morgan fingerprint density at radius 1 is 1.22 bits per heavy atom. The molecule has 18 heavy (non-hydrogen) atoms. The lowest BCUT2D eigenvalue weighted by molar-refractivity contribution is 0.740. The second kappa shape index (κ2) is 5.27. The van der Waals surface area contributed by atoms with Crippen molar-refractivity contribution in [2.24, 2.45) is 0 Å². The highest BCUT2D eigenvalue weighted by Crippen LogP contribution is 2.29. The van der Waals surface area contributed by atoms with Crippen molar-refractivity contribution in [3.05, 3.63) is 53.3 Å². The molecule has 0 radical (unpaired) electrons. The zero-order chi connectivity index (χ0) is 13.1. The SMILES string of the molecule is CC(c1ccc(Cl)cc1)N(C)c1ccncc1N. The number of nitrogen functional groups attached to an aromatic ring is 1. The van der Waals surface area contributed by atoms with E-state index in [9.17, 15) is 0 Å². The van der Waals surface area contributed by atoms with Gasteiger partial charge in [-0.15, -0.1) is 0 Å². The zero-order valence-electron chi connectivity index (χ0n) is 10.5. The molecule has 1 atom stereocenters. The van der Waals surface area contributed by atoms with E-state index in [1.807, 2.05) is 37.4 Å². The van der Waals surface area contributed by atoms with Crippen LogP contribution in [-0.4, -0.2) is 12.0 Å². The van der Waals surface area contributed by atoms with Gasteiger partial charge in [-0.05, 0) is 30.7 Å². The van der Waals surface area contributed by atoms with Crippen LogP contribution in [0.25, 0.3) is 0 Å². The van der Waals surface area contributed by atoms with Crippen LogP contribution in [0, 0.1) is 0 Å². The van der Waals surface area contributed by atoms with Crippen molar-refractivity contribution in [1.82, 2.24) is 4.98 Å². The predicted octanol–water partition coefficient (Wildman–Crippen LogP) is 3.51. The number of hydrogen-bond acceptors (Lipinski definition) is 3. The molecular formula is C14H16ClN3. The summed E-state index contributed by atoms with van der Waals surface area (Å²) in [5.74, 6) is 0. The third kappa shape index (κ3) is 2.57. The summed E-state index contributed by atoms with van der Waals surface area (Å²) in [5, 5.41) is 0.747. The summed E-state index contributed by atoms with van der Waals surface area (Å²) in [6.07, 6.45) is 3.41. The van der Waals surface area contributed by atoms with Crippen LogP contribution >= 0.6 is 11.6 Å². The number of aromatic nitrogens is 1. The number of halogens is 1. The monoisotopic (exact) mass is 261 g/mol. The Morgan fingerprint density at radius 3 is 2.50 bits per heavy atom. The highest BCUT2D eigenvalue weighted by molar-refractivity contribution is 6.30. The molecular weight excluding hydrogens is 246 g/mol. The summed E-state index contributed by atoms with van der Waals surface area (Å²) < 4.78 is 0. The van der Waals surface area contributed by atoms with Gasteiger partial charge in [0.1, 0.15) is 0 Å². The molecule has 4 heteroatoms. The first-order valence-electron chi connectivity index (χ1n) is 5.77. The molecule has 1 aromatic heterocycles. The van der Waals surface area contributed by atoms with Gasteiger partial charge >= 0.3 is 0 Å². The van der Waals surface area contributed by atoms with Crippen molar-refractivity contribution in [2.75, 3.05) is 17.7 Å². The third-order valence-electron chi connectivity index (χ3n) is 3.14. The standard InChI is InChI=1S/C14H16ClN3/c1-10(11-3-5-12(15)6-4-11)18(2)14-7-8-17-9-13(14)16/h3-10H,16H2,1-2H3. The summed E-state index contributed by atoms with van der Waals surface area (Å²) >= 11 is 5.90. The Bertz CT molecular complexity index is 525. The van der Waals surface area contributed by atoms with Crippen molar-refractivity contribution in [3.8, 4) is 0 Å². The summed E-state index contributed by atoms with van der Waals surface area (Å²) in [7, 11) is 2.02. The molecule has 0 spiro atoms. The van der Waals surface area contributed by atoms with Crippen LogP contribution in [0.2, 0.25) is 5.02 Å². The van der Waals surface area contributed by atoms with E-state index in [0.29, 0.717) is 5.69 Å². The number of nitrogens with two attached hydrogens (primary N) is 1. The fraction of sp³-hybridized carbons (Fsp3) is 0.214. The maximum atomic E-state index is 5.94. The first-order chi connectivity index (χ1) is 8.59. The molecule has 0 aliphatic carbocycles. The second-order valence-corrected chi connectivity index (χ2v) is 4.71. The molecule has 2 rings (SSSR count). The normalized spacial score (nSPS) is 12.2. The van der Waals surface area contributed by atoms with E-state index < -0.39 is 0 Å². The average molecular weight is 262 g/mol. The molecule has 1 heterocycles. The van der Waals surface area contributed by atoms with Crippen LogP contribution in [0.4, 0.5) is 11.4 Å². The van der Waals surface area contributed by atoms with E-state index >= 15 is 0 Å². The fourth-order valence-electron chi connectivity index (χ4n) is 1.89. The maximum absolute atomic E-state index is 5.94. The molecule has 2 N–H and O–H groups in total. The van der Waals surface area contributed by atoms with Gasteiger partial charge in [0.25, 0.3) is 0 Å². The van der Waals surface area contributed by atoms with E-state index in [1.165, 1.54) is 5.56 Å². The molecule has 94 valence electrons. The minimum atomic E-state index is 0.215. The van der Waals surface area contributed by atoms with Crippen LogP contribution in [0.15, 0.2) is 42.7 Å². The van der Waals surface area contributed by atoms with Crippen molar-refractivity contribution in [3.63, 3.8) is 0 Å². The predicted molar refractivity (Wildman–Crippen MR) is 76.9 cm³/mol. The molecule has 0 bridgehead atoms. The number of anilines is 2. The number of pyridine rings is 1. The summed E-state index contributed by atoms with van der Waals surface area (Å²) in [5.41, 5.74) is 8.79. The van der Waals surface area contributed by atoms with Crippen molar-refractivity contribution < 1.29 is 0 Å². The van der Waals surface area contributed by atoms with E-state index in [4.69, 9.17) is 17.3 Å². The van der Waals surface area contributed by atoms with Crippen LogP contribution in [0.3, 0.4) is 0 Å². The Labute approximate surface area is 112 Å². The fourth-order valence-corrected chi connectivity index (χ4v) is 2.02. The molecule has 1 unspecified atom stereocenters. The molecule has 0 saturated carbocycles. The largest absolute Gasteiger partial charge is 0.396 e. The average Bonchev–Trinajstić information content (AvgIpc) is 2.38. The number of nitrogens with zero attached hydrogens (tertiary/aromatic N) is 2. The summed E-state index contributed by atoms with van der Waals surface area (Å²) in [6.45, 7) is 2.13. The minimum Gasteiger partial charge on any atom is -0.396 e. The van der Waals surface area contributed by atoms with Gasteiger partial charge in [-0.1, -0.05) is 23.7 Å². The molecule has 0 saturated heterocycles. The Morgan fingerprint density at radius 2 is 1.89 bits per heavy atom. The molecule has 0 fully saturated rings. The molecule has 1 aromatic carbocycles. The molecule has 2 aromatic rings. The first-order valence-corrected chi connectivity index (χ1v) is 6.15. The number of benzene rings is 1. The molecule has 3 nitrogen and oxygen atoms in total. The van der Waals surface area contributed by atoms with Gasteiger partial charge in [0.15, 0.2) is 0 Å². The van der Waals surface area contributed by atoms with Crippen molar-refractivity contribution in [1.29, 1.82) is 0 Å². The van der Waals surface area contributed by atoms with E-state index in [0.717, 1.165) is 10.7 Å². The van der Waals surface area contributed by atoms with E-state index in [-0.39, 0.29) is 6.04 Å². The molecule has 0 aliphatic rings. The van der Waals surface area contributed by atoms with Gasteiger partial charge in [-0.25, -0.2) is 0 Å². The zero-order valence-corrected chi connectivity index (χ0v) is 11.2. The quantitative estimate of drug-likeness (QED) is 0.919. The van der Waals surface area contributed by atoms with Crippen molar-refractivity contribution >= 4 is 23.0 Å². The smallest absolute Gasteiger partial charge is 0.0738 e. The van der Waals surface area contributed by atoms with Gasteiger partial charge in [0, 0.05) is 18.3 Å². The lowest BCUT2D eigenvalue weighted by Crippen LogP contribution is -2.22. The lowest BCUT2D eigenvalue weighted by atomic mass is 10.1. The summed E-state index contributed by atoms with van der Waals surface area (Å²) in [4.78, 5) is 6.13. The topological polar surface area (TPSA) is 42.2 Å². The molecule has 0 amide bonds. The minimum absolute atomic E-state index is 0.215.